The van der Waals surface area contributed by atoms with Gasteiger partial charge in [-0.15, -0.1) is 0 Å². The topological polar surface area (TPSA) is 70.0 Å². The number of aromatic nitrogens is 2. The molecular formula is C11H13F3N3O2-. The predicted octanol–water partition coefficient (Wildman–Crippen LogP) is 1.19. The fraction of sp³-hybridized carbons (Fsp3) is 0.636. The number of hydrogen-bond acceptors (Lipinski definition) is 4. The lowest BCUT2D eigenvalue weighted by Gasteiger charge is -2.35. The van der Waals surface area contributed by atoms with Crippen molar-refractivity contribution in [1.82, 2.24) is 9.78 Å². The molecule has 0 aromatic carbocycles. The number of nitrogens with one attached hydrogen (secondary N) is 1. The normalized spacial score (nSPS) is 23.1. The molecule has 1 aliphatic rings. The molecule has 0 fully saturated rings. The zero-order valence-electron chi connectivity index (χ0n) is 10.4. The van der Waals surface area contributed by atoms with Gasteiger partial charge in [-0.3, -0.25) is 0 Å². The summed E-state index contributed by atoms with van der Waals surface area (Å²) in [5.74, 6) is -1.54. The van der Waals surface area contributed by atoms with Crippen LogP contribution >= 0.6 is 0 Å². The van der Waals surface area contributed by atoms with Crippen molar-refractivity contribution in [2.45, 2.75) is 38.5 Å². The third kappa shape index (κ3) is 2.52. The molecule has 2 rings (SSSR count). The van der Waals surface area contributed by atoms with Gasteiger partial charge in [-0.1, -0.05) is 13.8 Å². The summed E-state index contributed by atoms with van der Waals surface area (Å²) in [5, 5.41) is 17.0. The van der Waals surface area contributed by atoms with Gasteiger partial charge in [-0.05, 0) is 12.3 Å². The zero-order chi connectivity index (χ0) is 14.4. The van der Waals surface area contributed by atoms with Crippen LogP contribution in [0.1, 0.15) is 36.8 Å². The van der Waals surface area contributed by atoms with Gasteiger partial charge >= 0.3 is 6.18 Å². The van der Waals surface area contributed by atoms with Crippen LogP contribution in [0.2, 0.25) is 0 Å². The van der Waals surface area contributed by atoms with Gasteiger partial charge < -0.3 is 15.2 Å². The van der Waals surface area contributed by atoms with Crippen LogP contribution in [0.25, 0.3) is 0 Å². The van der Waals surface area contributed by atoms with Crippen molar-refractivity contribution in [2.75, 3.05) is 5.32 Å². The van der Waals surface area contributed by atoms with E-state index in [9.17, 15) is 23.1 Å². The summed E-state index contributed by atoms with van der Waals surface area (Å²) >= 11 is 0. The van der Waals surface area contributed by atoms with Crippen LogP contribution in [0.3, 0.4) is 0 Å². The monoisotopic (exact) mass is 276 g/mol. The fourth-order valence-corrected chi connectivity index (χ4v) is 2.14. The minimum absolute atomic E-state index is 0.0140. The molecule has 0 aliphatic carbocycles. The quantitative estimate of drug-likeness (QED) is 0.881. The molecule has 8 heteroatoms. The number of alkyl halides is 3. The number of carboxylic acids is 1. The lowest BCUT2D eigenvalue weighted by atomic mass is 9.94. The first-order valence-electron chi connectivity index (χ1n) is 5.84. The number of carbonyl (C=O) groups is 1. The van der Waals surface area contributed by atoms with Crippen LogP contribution < -0.4 is 10.4 Å². The van der Waals surface area contributed by atoms with E-state index < -0.39 is 23.9 Å². The summed E-state index contributed by atoms with van der Waals surface area (Å²) in [5.41, 5.74) is -0.499. The Kier molecular flexibility index (Phi) is 3.19. The van der Waals surface area contributed by atoms with Gasteiger partial charge in [-0.2, -0.15) is 18.3 Å². The molecule has 0 unspecified atom stereocenters. The van der Waals surface area contributed by atoms with Crippen molar-refractivity contribution in [1.29, 1.82) is 0 Å². The van der Waals surface area contributed by atoms with Crippen molar-refractivity contribution in [3.05, 3.63) is 11.8 Å². The Morgan fingerprint density at radius 2 is 2.21 bits per heavy atom. The fourth-order valence-electron chi connectivity index (χ4n) is 2.14. The molecule has 106 valence electrons. The first-order valence-corrected chi connectivity index (χ1v) is 5.84. The maximum absolute atomic E-state index is 13.0. The van der Waals surface area contributed by atoms with E-state index in [-0.39, 0.29) is 24.2 Å². The third-order valence-corrected chi connectivity index (χ3v) is 3.23. The van der Waals surface area contributed by atoms with Crippen molar-refractivity contribution in [2.24, 2.45) is 5.92 Å². The average Bonchev–Trinajstić information content (AvgIpc) is 2.69. The van der Waals surface area contributed by atoms with Gasteiger partial charge in [0.1, 0.15) is 11.5 Å². The maximum Gasteiger partial charge on any atom is 0.410 e. The zero-order valence-corrected chi connectivity index (χ0v) is 10.4. The molecule has 0 bridgehead atoms. The highest BCUT2D eigenvalue weighted by molar-refractivity contribution is 5.84. The predicted molar refractivity (Wildman–Crippen MR) is 58.5 cm³/mol. The molecule has 5 nitrogen and oxygen atoms in total. The highest BCUT2D eigenvalue weighted by Crippen LogP contribution is 2.40. The largest absolute Gasteiger partial charge is 0.543 e. The number of anilines is 1. The van der Waals surface area contributed by atoms with Gasteiger partial charge in [0.25, 0.3) is 0 Å². The van der Waals surface area contributed by atoms with Crippen molar-refractivity contribution in [3.8, 4) is 0 Å². The van der Waals surface area contributed by atoms with Crippen LogP contribution in [-0.2, 0) is 0 Å². The summed E-state index contributed by atoms with van der Waals surface area (Å²) < 4.78 is 39.7. The molecule has 2 atom stereocenters. The minimum atomic E-state index is -4.47. The third-order valence-electron chi connectivity index (χ3n) is 3.23. The highest BCUT2D eigenvalue weighted by atomic mass is 19.4. The Morgan fingerprint density at radius 1 is 1.58 bits per heavy atom. The van der Waals surface area contributed by atoms with Crippen LogP contribution in [0.15, 0.2) is 6.07 Å². The maximum atomic E-state index is 13.0. The average molecular weight is 276 g/mol. The molecule has 0 amide bonds. The lowest BCUT2D eigenvalue weighted by molar-refractivity contribution is -0.255. The second-order valence-corrected chi connectivity index (χ2v) is 4.93. The Labute approximate surface area is 107 Å². The number of halogens is 3. The Morgan fingerprint density at radius 3 is 2.68 bits per heavy atom. The van der Waals surface area contributed by atoms with E-state index in [1.807, 2.05) is 0 Å². The van der Waals surface area contributed by atoms with Gasteiger partial charge in [0.15, 0.2) is 6.04 Å². The summed E-state index contributed by atoms with van der Waals surface area (Å²) in [6.45, 7) is 3.60. The van der Waals surface area contributed by atoms with Crippen molar-refractivity contribution >= 4 is 11.8 Å². The molecule has 0 spiro atoms. The molecule has 0 saturated carbocycles. The second kappa shape index (κ2) is 4.43. The van der Waals surface area contributed by atoms with Gasteiger partial charge in [0.2, 0.25) is 0 Å². The Hall–Kier alpha value is -1.73. The highest BCUT2D eigenvalue weighted by Gasteiger charge is 2.46. The van der Waals surface area contributed by atoms with E-state index in [0.29, 0.717) is 4.68 Å². The Balaban J connectivity index is 2.44. The van der Waals surface area contributed by atoms with Crippen LogP contribution in [0, 0.1) is 5.92 Å². The smallest absolute Gasteiger partial charge is 0.410 e. The lowest BCUT2D eigenvalue weighted by Crippen LogP contribution is -2.41. The van der Waals surface area contributed by atoms with Gasteiger partial charge in [0.05, 0.1) is 5.97 Å². The SMILES string of the molecule is CC(C)[C@@H]1C[C@H](C(F)(F)F)n2nc(C(=O)[O-])cc2N1. The van der Waals surface area contributed by atoms with Crippen LogP contribution in [0.5, 0.6) is 0 Å². The molecular weight excluding hydrogens is 263 g/mol. The van der Waals surface area contributed by atoms with E-state index in [2.05, 4.69) is 10.4 Å². The molecule has 19 heavy (non-hydrogen) atoms. The molecule has 0 saturated heterocycles. The molecule has 1 aromatic heterocycles. The summed E-state index contributed by atoms with van der Waals surface area (Å²) in [4.78, 5) is 10.7. The van der Waals surface area contributed by atoms with E-state index in [1.54, 1.807) is 13.8 Å². The van der Waals surface area contributed by atoms with E-state index >= 15 is 0 Å². The second-order valence-electron chi connectivity index (χ2n) is 4.93. The number of fused-ring (bicyclic) bond motifs is 1. The first kappa shape index (κ1) is 13.7. The number of carbonyl (C=O) groups excluding carboxylic acids is 1. The Bertz CT molecular complexity index is 496. The molecule has 1 aliphatic heterocycles. The van der Waals surface area contributed by atoms with E-state index in [0.717, 1.165) is 6.07 Å². The summed E-state index contributed by atoms with van der Waals surface area (Å²) in [6.07, 6.45) is -4.65. The number of carboxylic acid groups (broad SMARTS) is 1. The summed E-state index contributed by atoms with van der Waals surface area (Å²) in [6, 6.07) is -1.13. The van der Waals surface area contributed by atoms with Crippen LogP contribution in [0.4, 0.5) is 19.0 Å². The number of hydrogen-bond donors (Lipinski definition) is 1. The van der Waals surface area contributed by atoms with E-state index in [1.165, 1.54) is 0 Å². The number of nitrogens with zero attached hydrogens (tertiary/aromatic N) is 2. The standard InChI is InChI=1S/C11H14F3N3O2/c1-5(2)6-3-8(11(12,13)14)17-9(15-6)4-7(16-17)10(18)19/h4-6,8,15H,3H2,1-2H3,(H,18,19)/p-1/t6-,8+/m0/s1. The minimum Gasteiger partial charge on any atom is -0.543 e. The molecule has 1 N–H and O–H groups in total. The van der Waals surface area contributed by atoms with Gasteiger partial charge in [-0.25, -0.2) is 4.68 Å². The first-order chi connectivity index (χ1) is 8.70. The van der Waals surface area contributed by atoms with Crippen molar-refractivity contribution < 1.29 is 23.1 Å². The van der Waals surface area contributed by atoms with Crippen molar-refractivity contribution in [3.63, 3.8) is 0 Å². The molecule has 0 radical (unpaired) electrons. The van der Waals surface area contributed by atoms with Gasteiger partial charge in [0, 0.05) is 12.1 Å². The van der Waals surface area contributed by atoms with Crippen LogP contribution in [-0.4, -0.2) is 28.0 Å². The summed E-state index contributed by atoms with van der Waals surface area (Å²) in [7, 11) is 0. The van der Waals surface area contributed by atoms with E-state index in [4.69, 9.17) is 0 Å². The number of aromatic carboxylic acids is 1. The molecule has 1 aromatic rings. The number of rotatable bonds is 2. The molecule has 2 heterocycles.